The van der Waals surface area contributed by atoms with Gasteiger partial charge in [0.05, 0.1) is 6.17 Å². The topological polar surface area (TPSA) is 67.3 Å². The minimum Gasteiger partial charge on any atom is -0.399 e. The summed E-state index contributed by atoms with van der Waals surface area (Å²) >= 11 is 0. The molecule has 1 atom stereocenters. The lowest BCUT2D eigenvalue weighted by molar-refractivity contribution is 0.359. The lowest BCUT2D eigenvalue weighted by Gasteiger charge is -2.17. The summed E-state index contributed by atoms with van der Waals surface area (Å²) in [5.41, 5.74) is 11.4. The largest absolute Gasteiger partial charge is 0.399 e. The molecular weight excluding hydrogens is 219 g/mol. The summed E-state index contributed by atoms with van der Waals surface area (Å²) < 4.78 is 12.0. The summed E-state index contributed by atoms with van der Waals surface area (Å²) in [6, 6.07) is 5.70. The zero-order chi connectivity index (χ0) is 13.3. The van der Waals surface area contributed by atoms with Crippen LogP contribution in [0.1, 0.15) is 6.92 Å². The quantitative estimate of drug-likeness (QED) is 0.550. The highest BCUT2D eigenvalue weighted by Crippen LogP contribution is 2.01. The summed E-state index contributed by atoms with van der Waals surface area (Å²) in [6.07, 6.45) is 3.81. The molecule has 5 heteroatoms. The average Bonchev–Trinajstić information content (AvgIpc) is 2.30. The van der Waals surface area contributed by atoms with Crippen LogP contribution in [0.15, 0.2) is 36.7 Å². The molecule has 0 aliphatic heterocycles. The van der Waals surface area contributed by atoms with Crippen LogP contribution >= 0.6 is 0 Å². The third-order valence-corrected chi connectivity index (χ3v) is 1.99. The monoisotopic (exact) mass is 240 g/mol. The van der Waals surface area contributed by atoms with E-state index in [-0.39, 0.29) is 12.0 Å². The summed E-state index contributed by atoms with van der Waals surface area (Å²) in [4.78, 5) is 1.91. The van der Waals surface area contributed by atoms with E-state index < -0.39 is 0 Å². The van der Waals surface area contributed by atoms with Crippen LogP contribution in [0, 0.1) is 5.82 Å². The zero-order valence-electron chi connectivity index (χ0n) is 10.5. The highest BCUT2D eigenvalue weighted by Gasteiger charge is 1.93. The number of nitrogen functional groups attached to an aromatic ring is 1. The summed E-state index contributed by atoms with van der Waals surface area (Å²) in [7, 11) is 3.78. The fourth-order valence-electron chi connectivity index (χ4n) is 0.791. The van der Waals surface area contributed by atoms with Gasteiger partial charge in [0.25, 0.3) is 0 Å². The van der Waals surface area contributed by atoms with Crippen molar-refractivity contribution >= 4 is 5.69 Å². The Hall–Kier alpha value is -1.75. The predicted octanol–water partition coefficient (Wildman–Crippen LogP) is 1.32. The second kappa shape index (κ2) is 8.41. The van der Waals surface area contributed by atoms with Crippen molar-refractivity contribution in [1.82, 2.24) is 10.2 Å². The van der Waals surface area contributed by atoms with Crippen LogP contribution in [0.4, 0.5) is 10.1 Å². The Kier molecular flexibility index (Phi) is 7.54. The number of nitrogens with zero attached hydrogens (tertiary/aromatic N) is 1. The van der Waals surface area contributed by atoms with Gasteiger partial charge in [-0.1, -0.05) is 0 Å². The van der Waals surface area contributed by atoms with E-state index in [1.807, 2.05) is 38.3 Å². The van der Waals surface area contributed by atoms with Crippen molar-refractivity contribution in [3.05, 3.63) is 42.5 Å². The van der Waals surface area contributed by atoms with E-state index in [0.29, 0.717) is 5.69 Å². The molecule has 0 fully saturated rings. The Bertz CT molecular complexity index is 301. The summed E-state index contributed by atoms with van der Waals surface area (Å²) in [5.74, 6) is -0.251. The van der Waals surface area contributed by atoms with Crippen molar-refractivity contribution < 1.29 is 4.39 Å². The van der Waals surface area contributed by atoms with E-state index in [0.717, 1.165) is 0 Å². The number of rotatable bonds is 3. The van der Waals surface area contributed by atoms with Crippen LogP contribution in [-0.2, 0) is 0 Å². The number of hydrogen-bond donors (Lipinski definition) is 3. The van der Waals surface area contributed by atoms with Gasteiger partial charge < -0.3 is 21.7 Å². The van der Waals surface area contributed by atoms with Crippen LogP contribution in [0.5, 0.6) is 0 Å². The van der Waals surface area contributed by atoms with Gasteiger partial charge in [-0.2, -0.15) is 0 Å². The molecule has 0 saturated carbocycles. The molecule has 0 radical (unpaired) electrons. The van der Waals surface area contributed by atoms with Crippen molar-refractivity contribution in [2.24, 2.45) is 5.73 Å². The van der Waals surface area contributed by atoms with Crippen LogP contribution in [0.25, 0.3) is 0 Å². The third-order valence-electron chi connectivity index (χ3n) is 1.99. The molecule has 4 nitrogen and oxygen atoms in total. The van der Waals surface area contributed by atoms with Gasteiger partial charge in [-0.05, 0) is 31.2 Å². The molecule has 0 heterocycles. The first kappa shape index (κ1) is 15.2. The zero-order valence-corrected chi connectivity index (χ0v) is 10.5. The van der Waals surface area contributed by atoms with E-state index in [4.69, 9.17) is 11.5 Å². The van der Waals surface area contributed by atoms with Gasteiger partial charge in [0, 0.05) is 32.2 Å². The van der Waals surface area contributed by atoms with Crippen molar-refractivity contribution in [1.29, 1.82) is 0 Å². The molecule has 17 heavy (non-hydrogen) atoms. The van der Waals surface area contributed by atoms with Crippen LogP contribution < -0.4 is 16.8 Å². The number of nitrogens with one attached hydrogen (secondary N) is 1. The minimum atomic E-state index is -0.251. The number of nitrogens with two attached hydrogens (primary N) is 2. The number of benzene rings is 1. The van der Waals surface area contributed by atoms with Gasteiger partial charge in [-0.3, -0.25) is 0 Å². The van der Waals surface area contributed by atoms with Gasteiger partial charge in [0.2, 0.25) is 0 Å². The third kappa shape index (κ3) is 8.10. The molecule has 0 amide bonds. The van der Waals surface area contributed by atoms with E-state index >= 15 is 0 Å². The average molecular weight is 240 g/mol. The van der Waals surface area contributed by atoms with Crippen LogP contribution in [-0.4, -0.2) is 25.2 Å². The Labute approximate surface area is 102 Å². The molecule has 0 aliphatic carbocycles. The minimum absolute atomic E-state index is 0.0783. The van der Waals surface area contributed by atoms with E-state index in [1.165, 1.54) is 24.3 Å². The first-order chi connectivity index (χ1) is 7.97. The predicted molar refractivity (Wildman–Crippen MR) is 70.4 cm³/mol. The van der Waals surface area contributed by atoms with Crippen molar-refractivity contribution in [3.8, 4) is 0 Å². The van der Waals surface area contributed by atoms with Crippen molar-refractivity contribution in [2.45, 2.75) is 13.1 Å². The van der Waals surface area contributed by atoms with Crippen LogP contribution in [0.3, 0.4) is 0 Å². The van der Waals surface area contributed by atoms with E-state index in [2.05, 4.69) is 5.32 Å². The van der Waals surface area contributed by atoms with E-state index in [9.17, 15) is 4.39 Å². The maximum Gasteiger partial charge on any atom is 0.123 e. The van der Waals surface area contributed by atoms with Gasteiger partial charge >= 0.3 is 0 Å². The molecule has 1 aromatic carbocycles. The Morgan fingerprint density at radius 3 is 2.24 bits per heavy atom. The normalized spacial score (nSPS) is 11.6. The number of halogens is 1. The lowest BCUT2D eigenvalue weighted by atomic mass is 10.3. The van der Waals surface area contributed by atoms with E-state index in [1.54, 1.807) is 0 Å². The van der Waals surface area contributed by atoms with Gasteiger partial charge in [-0.15, -0.1) is 0 Å². The van der Waals surface area contributed by atoms with Crippen molar-refractivity contribution in [2.75, 3.05) is 19.8 Å². The number of hydrogen-bond acceptors (Lipinski definition) is 4. The van der Waals surface area contributed by atoms with Crippen molar-refractivity contribution in [3.63, 3.8) is 0 Å². The van der Waals surface area contributed by atoms with Gasteiger partial charge in [0.15, 0.2) is 0 Å². The maximum absolute atomic E-state index is 12.0. The second-order valence-electron chi connectivity index (χ2n) is 3.56. The Morgan fingerprint density at radius 2 is 1.88 bits per heavy atom. The molecule has 1 unspecified atom stereocenters. The van der Waals surface area contributed by atoms with Gasteiger partial charge in [-0.25, -0.2) is 4.39 Å². The lowest BCUT2D eigenvalue weighted by Crippen LogP contribution is -2.32. The highest BCUT2D eigenvalue weighted by molar-refractivity contribution is 5.36. The molecule has 0 bridgehead atoms. The SMILES string of the molecule is CN/C=C\N(C)C(C)N.Nc1ccc(F)cc1. The molecule has 1 rings (SSSR count). The molecule has 0 aliphatic rings. The first-order valence-corrected chi connectivity index (χ1v) is 5.30. The molecule has 0 saturated heterocycles. The van der Waals surface area contributed by atoms with Gasteiger partial charge in [0.1, 0.15) is 5.82 Å². The summed E-state index contributed by atoms with van der Waals surface area (Å²) in [6.45, 7) is 1.93. The molecule has 0 spiro atoms. The van der Waals surface area contributed by atoms with Crippen LogP contribution in [0.2, 0.25) is 0 Å². The molecule has 96 valence electrons. The number of anilines is 1. The fourth-order valence-corrected chi connectivity index (χ4v) is 0.791. The summed E-state index contributed by atoms with van der Waals surface area (Å²) in [5, 5.41) is 2.88. The Morgan fingerprint density at radius 1 is 1.35 bits per heavy atom. The fraction of sp³-hybridized carbons (Fsp3) is 0.333. The Balaban J connectivity index is 0.000000302. The first-order valence-electron chi connectivity index (χ1n) is 5.30. The molecule has 0 aromatic heterocycles. The standard InChI is InChI=1S/C6H6FN.C6H15N3/c7-5-1-3-6(8)4-2-5;1-6(7)9(3)5-4-8-2/h1-4H,8H2;4-6,8H,7H2,1-3H3/b;5-4-. The maximum atomic E-state index is 12.0. The molecular formula is C12H21FN4. The molecule has 5 N–H and O–H groups in total. The molecule has 1 aromatic rings. The highest BCUT2D eigenvalue weighted by atomic mass is 19.1. The second-order valence-corrected chi connectivity index (χ2v) is 3.56. The smallest absolute Gasteiger partial charge is 0.123 e.